The van der Waals surface area contributed by atoms with Gasteiger partial charge in [-0.2, -0.15) is 0 Å². The van der Waals surface area contributed by atoms with Crippen LogP contribution < -0.4 is 29.6 Å². The van der Waals surface area contributed by atoms with Crippen molar-refractivity contribution in [2.75, 3.05) is 23.8 Å². The van der Waals surface area contributed by atoms with Gasteiger partial charge in [0, 0.05) is 27.2 Å². The highest BCUT2D eigenvalue weighted by atomic mass is 35.5. The fourth-order valence-electron chi connectivity index (χ4n) is 3.97. The lowest BCUT2D eigenvalue weighted by molar-refractivity contribution is 0.203. The van der Waals surface area contributed by atoms with E-state index >= 15 is 0 Å². The van der Waals surface area contributed by atoms with Crippen LogP contribution in [0.1, 0.15) is 39.5 Å². The van der Waals surface area contributed by atoms with Crippen LogP contribution in [-0.2, 0) is 0 Å². The number of hydrogen-bond acceptors (Lipinski definition) is 6. The second kappa shape index (κ2) is 14.8. The van der Waals surface area contributed by atoms with Gasteiger partial charge in [-0.25, -0.2) is 9.59 Å². The highest BCUT2D eigenvalue weighted by Crippen LogP contribution is 2.52. The third-order valence-corrected chi connectivity index (χ3v) is 6.24. The molecule has 4 aromatic rings. The predicted molar refractivity (Wildman–Crippen MR) is 162 cm³/mol. The number of fused-ring (bicyclic) bond motifs is 1. The van der Waals surface area contributed by atoms with Gasteiger partial charge in [-0.15, -0.1) is 0 Å². The van der Waals surface area contributed by atoms with Crippen LogP contribution in [0.5, 0.6) is 23.0 Å². The topological polar surface area (TPSA) is 95.1 Å². The van der Waals surface area contributed by atoms with Crippen LogP contribution >= 0.6 is 11.6 Å². The first-order valence-electron chi connectivity index (χ1n) is 13.6. The van der Waals surface area contributed by atoms with E-state index in [1.165, 1.54) is 0 Å². The van der Waals surface area contributed by atoms with Gasteiger partial charge in [0.25, 0.3) is 0 Å². The van der Waals surface area contributed by atoms with Crippen LogP contribution in [0.25, 0.3) is 10.8 Å². The Balaban J connectivity index is 1.83. The maximum atomic E-state index is 13.1. The molecule has 0 saturated carbocycles. The molecule has 0 heterocycles. The Hall–Kier alpha value is -4.43. The van der Waals surface area contributed by atoms with E-state index in [1.807, 2.05) is 26.0 Å². The molecule has 8 nitrogen and oxygen atoms in total. The van der Waals surface area contributed by atoms with Crippen molar-refractivity contribution in [2.45, 2.75) is 39.5 Å². The largest absolute Gasteiger partial charge is 0.486 e. The molecule has 0 bridgehead atoms. The Kier molecular flexibility index (Phi) is 10.7. The number of nitrogens with one attached hydrogen (secondary N) is 2. The van der Waals surface area contributed by atoms with Crippen molar-refractivity contribution >= 4 is 45.9 Å². The highest BCUT2D eigenvalue weighted by Gasteiger charge is 2.28. The van der Waals surface area contributed by atoms with Crippen molar-refractivity contribution in [1.29, 1.82) is 0 Å². The first-order chi connectivity index (χ1) is 20.0. The standard InChI is InChI=1S/C32H33ClN2O6/c1-3-5-19-38-29-27(40-31(36)34-23-13-9-7-10-14-23)25-18-17-22(33)21-26(25)28(30(29)39-20-6-4-2)41-32(37)35-24-15-11-8-12-16-24/h7-18,21H,3-6,19-20H2,1-2H3,(H,34,36)(H,35,37). The Morgan fingerprint density at radius 2 is 1.10 bits per heavy atom. The summed E-state index contributed by atoms with van der Waals surface area (Å²) in [4.78, 5) is 26.1. The van der Waals surface area contributed by atoms with Crippen LogP contribution in [0.15, 0.2) is 78.9 Å². The second-order valence-electron chi connectivity index (χ2n) is 9.17. The Labute approximate surface area is 244 Å². The molecular formula is C32H33ClN2O6. The zero-order valence-electron chi connectivity index (χ0n) is 23.1. The van der Waals surface area contributed by atoms with Crippen LogP contribution in [0.4, 0.5) is 21.0 Å². The fourth-order valence-corrected chi connectivity index (χ4v) is 4.14. The van der Waals surface area contributed by atoms with Crippen LogP contribution in [0.2, 0.25) is 5.02 Å². The number of halogens is 1. The van der Waals surface area contributed by atoms with Gasteiger partial charge in [-0.1, -0.05) is 74.7 Å². The molecule has 0 saturated heterocycles. The summed E-state index contributed by atoms with van der Waals surface area (Å²) >= 11 is 6.40. The SMILES string of the molecule is CCCCOc1c(OCCCC)c(OC(=O)Nc2ccccc2)c2cc(Cl)ccc2c1OC(=O)Nc1ccccc1. The third-order valence-electron chi connectivity index (χ3n) is 6.01. The zero-order chi connectivity index (χ0) is 29.0. The van der Waals surface area contributed by atoms with Crippen molar-refractivity contribution in [1.82, 2.24) is 0 Å². The molecule has 4 rings (SSSR count). The molecule has 214 valence electrons. The summed E-state index contributed by atoms with van der Waals surface area (Å²) < 4.78 is 24.2. The summed E-state index contributed by atoms with van der Waals surface area (Å²) in [7, 11) is 0. The smallest absolute Gasteiger partial charge is 0.417 e. The third kappa shape index (κ3) is 8.05. The van der Waals surface area contributed by atoms with Crippen molar-refractivity contribution in [3.63, 3.8) is 0 Å². The molecule has 9 heteroatoms. The van der Waals surface area contributed by atoms with E-state index in [0.717, 1.165) is 25.7 Å². The summed E-state index contributed by atoms with van der Waals surface area (Å²) in [6.45, 7) is 4.72. The first kappa shape index (κ1) is 29.6. The van der Waals surface area contributed by atoms with E-state index in [0.29, 0.717) is 40.4 Å². The van der Waals surface area contributed by atoms with Gasteiger partial charge in [0.05, 0.1) is 13.2 Å². The number of amides is 2. The minimum Gasteiger partial charge on any atom is -0.486 e. The Morgan fingerprint density at radius 1 is 0.634 bits per heavy atom. The number of ether oxygens (including phenoxy) is 4. The predicted octanol–water partition coefficient (Wildman–Crippen LogP) is 9.07. The molecule has 41 heavy (non-hydrogen) atoms. The van der Waals surface area contributed by atoms with Gasteiger partial charge in [0.2, 0.25) is 11.5 Å². The van der Waals surface area contributed by atoms with Gasteiger partial charge < -0.3 is 18.9 Å². The molecule has 0 fully saturated rings. The van der Waals surface area contributed by atoms with Gasteiger partial charge in [-0.05, 0) is 55.3 Å². The molecule has 0 aliphatic heterocycles. The zero-order valence-corrected chi connectivity index (χ0v) is 23.8. The van der Waals surface area contributed by atoms with E-state index in [4.69, 9.17) is 30.5 Å². The van der Waals surface area contributed by atoms with Crippen molar-refractivity contribution in [3.05, 3.63) is 83.9 Å². The van der Waals surface area contributed by atoms with E-state index in [9.17, 15) is 9.59 Å². The molecule has 0 radical (unpaired) electrons. The molecule has 2 amide bonds. The summed E-state index contributed by atoms with van der Waals surface area (Å²) in [6, 6.07) is 22.9. The quantitative estimate of drug-likeness (QED) is 0.163. The maximum absolute atomic E-state index is 13.1. The molecule has 0 aliphatic rings. The van der Waals surface area contributed by atoms with E-state index < -0.39 is 12.2 Å². The van der Waals surface area contributed by atoms with Gasteiger partial charge in [0.1, 0.15) is 0 Å². The lowest BCUT2D eigenvalue weighted by Gasteiger charge is -2.22. The summed E-state index contributed by atoms with van der Waals surface area (Å²) in [5, 5.41) is 6.71. The maximum Gasteiger partial charge on any atom is 0.417 e. The molecule has 2 N–H and O–H groups in total. The van der Waals surface area contributed by atoms with Crippen molar-refractivity contribution in [2.24, 2.45) is 0 Å². The number of para-hydroxylation sites is 2. The van der Waals surface area contributed by atoms with E-state index in [-0.39, 0.29) is 23.0 Å². The summed E-state index contributed by atoms with van der Waals surface area (Å²) in [5.41, 5.74) is 1.13. The summed E-state index contributed by atoms with van der Waals surface area (Å²) in [5.74, 6) is 0.544. The van der Waals surface area contributed by atoms with Crippen LogP contribution in [-0.4, -0.2) is 25.4 Å². The molecular weight excluding hydrogens is 544 g/mol. The van der Waals surface area contributed by atoms with Gasteiger partial charge in [0.15, 0.2) is 11.5 Å². The number of unbranched alkanes of at least 4 members (excludes halogenated alkanes) is 2. The Bertz CT molecular complexity index is 1460. The van der Waals surface area contributed by atoms with Crippen LogP contribution in [0, 0.1) is 0 Å². The minimum absolute atomic E-state index is 0.106. The minimum atomic E-state index is -0.729. The lowest BCUT2D eigenvalue weighted by atomic mass is 10.1. The van der Waals surface area contributed by atoms with Crippen molar-refractivity contribution in [3.8, 4) is 23.0 Å². The number of benzene rings is 4. The summed E-state index contributed by atoms with van der Waals surface area (Å²) in [6.07, 6.45) is 1.79. The van der Waals surface area contributed by atoms with E-state index in [2.05, 4.69) is 10.6 Å². The molecule has 0 aliphatic carbocycles. The first-order valence-corrected chi connectivity index (χ1v) is 14.0. The van der Waals surface area contributed by atoms with Gasteiger partial charge >= 0.3 is 12.2 Å². The molecule has 0 atom stereocenters. The van der Waals surface area contributed by atoms with Crippen LogP contribution in [0.3, 0.4) is 0 Å². The van der Waals surface area contributed by atoms with Gasteiger partial charge in [-0.3, -0.25) is 10.6 Å². The number of carbonyl (C=O) groups is 2. The van der Waals surface area contributed by atoms with Crippen molar-refractivity contribution < 1.29 is 28.5 Å². The molecule has 4 aromatic carbocycles. The number of carbonyl (C=O) groups excluding carboxylic acids is 2. The monoisotopic (exact) mass is 576 g/mol. The second-order valence-corrected chi connectivity index (χ2v) is 9.61. The average Bonchev–Trinajstić information content (AvgIpc) is 2.97. The molecule has 0 aromatic heterocycles. The molecule has 0 unspecified atom stereocenters. The normalized spacial score (nSPS) is 10.6. The molecule has 0 spiro atoms. The average molecular weight is 577 g/mol. The number of anilines is 2. The highest BCUT2D eigenvalue weighted by molar-refractivity contribution is 6.31. The van der Waals surface area contributed by atoms with E-state index in [1.54, 1.807) is 66.7 Å². The number of rotatable bonds is 12. The lowest BCUT2D eigenvalue weighted by Crippen LogP contribution is -2.19. The fraction of sp³-hybridized carbons (Fsp3) is 0.250. The number of hydrogen-bond donors (Lipinski definition) is 2. The Morgan fingerprint density at radius 3 is 1.56 bits per heavy atom.